The Morgan fingerprint density at radius 1 is 1.07 bits per heavy atom. The van der Waals surface area contributed by atoms with Gasteiger partial charge in [-0.2, -0.15) is 0 Å². The highest BCUT2D eigenvalue weighted by atomic mass is 35.5. The molecule has 3 fully saturated rings. The number of allylic oxidation sites excluding steroid dienone is 1. The van der Waals surface area contributed by atoms with E-state index in [0.717, 1.165) is 71.2 Å². The molecule has 43 heavy (non-hydrogen) atoms. The van der Waals surface area contributed by atoms with Crippen molar-refractivity contribution in [1.29, 1.82) is 0 Å². The summed E-state index contributed by atoms with van der Waals surface area (Å²) in [7, 11) is 0. The summed E-state index contributed by atoms with van der Waals surface area (Å²) in [5.41, 5.74) is 3.92. The van der Waals surface area contributed by atoms with E-state index < -0.39 is 0 Å². The lowest BCUT2D eigenvalue weighted by Gasteiger charge is -2.58. The highest BCUT2D eigenvalue weighted by Gasteiger charge is 2.59. The smallest absolute Gasteiger partial charge is 0.331 e. The molecule has 8 atom stereocenters. The number of carbonyl (C=O) groups excluding carboxylic acids is 1. The van der Waals surface area contributed by atoms with E-state index in [0.29, 0.717) is 10.6 Å². The van der Waals surface area contributed by atoms with E-state index in [-0.39, 0.29) is 17.5 Å². The summed E-state index contributed by atoms with van der Waals surface area (Å²) in [5.74, 6) is 4.74. The van der Waals surface area contributed by atoms with Crippen molar-refractivity contribution in [2.24, 2.45) is 46.3 Å². The van der Waals surface area contributed by atoms with Crippen molar-refractivity contribution < 1.29 is 9.53 Å². The van der Waals surface area contributed by atoms with Crippen LogP contribution in [0.3, 0.4) is 0 Å². The average molecular weight is 602 g/mol. The molecule has 0 radical (unpaired) electrons. The zero-order valence-corrected chi connectivity index (χ0v) is 27.8. The maximum atomic E-state index is 12.9. The highest BCUT2D eigenvalue weighted by Crippen LogP contribution is 2.67. The van der Waals surface area contributed by atoms with Crippen molar-refractivity contribution >= 4 is 34.5 Å². The predicted molar refractivity (Wildman–Crippen MR) is 179 cm³/mol. The molecule has 3 nitrogen and oxygen atoms in total. The molecule has 2 aromatic rings. The number of para-hydroxylation sites is 1. The number of rotatable bonds is 8. The van der Waals surface area contributed by atoms with Gasteiger partial charge in [0.25, 0.3) is 0 Å². The van der Waals surface area contributed by atoms with E-state index >= 15 is 0 Å². The van der Waals surface area contributed by atoms with Crippen molar-refractivity contribution in [3.63, 3.8) is 0 Å². The number of nitrogens with zero attached hydrogens (tertiary/aromatic N) is 1. The third-order valence-corrected chi connectivity index (χ3v) is 12.9. The summed E-state index contributed by atoms with van der Waals surface area (Å²) in [6.07, 6.45) is 19.8. The summed E-state index contributed by atoms with van der Waals surface area (Å²) in [6.45, 7) is 12.5. The molecule has 1 aromatic carbocycles. The first-order valence-corrected chi connectivity index (χ1v) is 17.6. The SMILES string of the molecule is CC(C)CCCC(C)C1CCC2C3CC=C4CC(OC(=O)C=Cc5cc6ccccc6nc5Cl)CCC4(C)C3CCC12C. The minimum atomic E-state index is -0.292. The molecule has 0 saturated heterocycles. The van der Waals surface area contributed by atoms with Gasteiger partial charge in [0.15, 0.2) is 0 Å². The molecule has 232 valence electrons. The van der Waals surface area contributed by atoms with Gasteiger partial charge in [0.2, 0.25) is 0 Å². The molecule has 0 aliphatic heterocycles. The Morgan fingerprint density at radius 3 is 2.70 bits per heavy atom. The zero-order valence-electron chi connectivity index (χ0n) is 27.1. The van der Waals surface area contributed by atoms with Crippen LogP contribution in [-0.2, 0) is 9.53 Å². The number of fused-ring (bicyclic) bond motifs is 6. The van der Waals surface area contributed by atoms with Crippen LogP contribution >= 0.6 is 11.6 Å². The van der Waals surface area contributed by atoms with Crippen LogP contribution in [0, 0.1) is 46.3 Å². The fourth-order valence-corrected chi connectivity index (χ4v) is 10.5. The Labute approximate surface area is 264 Å². The van der Waals surface area contributed by atoms with Crippen molar-refractivity contribution in [3.8, 4) is 0 Å². The number of hydrogen-bond donors (Lipinski definition) is 0. The normalized spacial score (nSPS) is 34.5. The van der Waals surface area contributed by atoms with Crippen LogP contribution < -0.4 is 0 Å². The van der Waals surface area contributed by atoms with Crippen molar-refractivity contribution in [1.82, 2.24) is 4.98 Å². The average Bonchev–Trinajstić information content (AvgIpc) is 3.33. The van der Waals surface area contributed by atoms with Gasteiger partial charge in [0.1, 0.15) is 11.3 Å². The summed E-state index contributed by atoms with van der Waals surface area (Å²) >= 11 is 6.40. The van der Waals surface area contributed by atoms with Gasteiger partial charge in [0, 0.05) is 23.4 Å². The second kappa shape index (κ2) is 12.3. The highest BCUT2D eigenvalue weighted by molar-refractivity contribution is 6.31. The summed E-state index contributed by atoms with van der Waals surface area (Å²) in [4.78, 5) is 17.3. The molecule has 0 N–H and O–H groups in total. The van der Waals surface area contributed by atoms with Gasteiger partial charge in [-0.1, -0.05) is 95.3 Å². The van der Waals surface area contributed by atoms with Crippen LogP contribution in [-0.4, -0.2) is 17.1 Å². The fraction of sp³-hybridized carbons (Fsp3) is 0.641. The van der Waals surface area contributed by atoms with Crippen LogP contribution in [0.2, 0.25) is 5.15 Å². The molecule has 1 heterocycles. The molecule has 0 amide bonds. The quantitative estimate of drug-likeness (QED) is 0.131. The van der Waals surface area contributed by atoms with Crippen LogP contribution in [0.4, 0.5) is 0 Å². The minimum absolute atomic E-state index is 0.0466. The molecule has 4 heteroatoms. The van der Waals surface area contributed by atoms with Gasteiger partial charge >= 0.3 is 5.97 Å². The molecule has 0 bridgehead atoms. The Morgan fingerprint density at radius 2 is 1.88 bits per heavy atom. The number of hydrogen-bond acceptors (Lipinski definition) is 3. The molecule has 3 saturated carbocycles. The number of benzene rings is 1. The lowest BCUT2D eigenvalue weighted by molar-refractivity contribution is -0.145. The molecule has 1 aromatic heterocycles. The lowest BCUT2D eigenvalue weighted by Crippen LogP contribution is -2.51. The standard InChI is InChI=1S/C39H52ClNO2/c1-25(2)9-8-10-26(3)32-16-17-33-31-15-14-29-24-30(19-21-38(29,4)34(31)20-22-39(32,33)5)43-36(42)18-13-28-23-27-11-6-7-12-35(27)41-37(28)40/h6-7,11-14,18,23,25-26,30-34H,8-10,15-17,19-22,24H2,1-5H3. The molecular weight excluding hydrogens is 550 g/mol. The molecular formula is C39H52ClNO2. The Bertz CT molecular complexity index is 1390. The number of ether oxygens (including phenoxy) is 1. The number of aromatic nitrogens is 1. The van der Waals surface area contributed by atoms with Gasteiger partial charge < -0.3 is 4.74 Å². The Kier molecular flexibility index (Phi) is 8.86. The summed E-state index contributed by atoms with van der Waals surface area (Å²) < 4.78 is 6.01. The molecule has 0 spiro atoms. The third-order valence-electron chi connectivity index (χ3n) is 12.6. The van der Waals surface area contributed by atoms with E-state index in [1.807, 2.05) is 30.3 Å². The second-order valence-electron chi connectivity index (χ2n) is 15.5. The monoisotopic (exact) mass is 601 g/mol. The second-order valence-corrected chi connectivity index (χ2v) is 15.8. The van der Waals surface area contributed by atoms with Gasteiger partial charge in [-0.3, -0.25) is 0 Å². The molecule has 8 unspecified atom stereocenters. The number of halogens is 1. The predicted octanol–water partition coefficient (Wildman–Crippen LogP) is 10.9. The van der Waals surface area contributed by atoms with E-state index in [1.165, 1.54) is 57.4 Å². The first-order valence-electron chi connectivity index (χ1n) is 17.2. The molecule has 4 aliphatic rings. The van der Waals surface area contributed by atoms with Gasteiger partial charge in [-0.05, 0) is 109 Å². The summed E-state index contributed by atoms with van der Waals surface area (Å²) in [6, 6.07) is 9.84. The lowest BCUT2D eigenvalue weighted by atomic mass is 9.47. The zero-order chi connectivity index (χ0) is 30.4. The van der Waals surface area contributed by atoms with E-state index in [9.17, 15) is 4.79 Å². The number of esters is 1. The molecule has 4 aliphatic carbocycles. The largest absolute Gasteiger partial charge is 0.459 e. The van der Waals surface area contributed by atoms with E-state index in [2.05, 4.69) is 45.7 Å². The molecule has 6 rings (SSSR count). The maximum Gasteiger partial charge on any atom is 0.331 e. The maximum absolute atomic E-state index is 12.9. The Balaban J connectivity index is 1.09. The van der Waals surface area contributed by atoms with Gasteiger partial charge in [-0.25, -0.2) is 9.78 Å². The first kappa shape index (κ1) is 30.9. The van der Waals surface area contributed by atoms with Crippen LogP contribution in [0.25, 0.3) is 17.0 Å². The topological polar surface area (TPSA) is 39.2 Å². The van der Waals surface area contributed by atoms with Crippen molar-refractivity contribution in [2.45, 2.75) is 111 Å². The minimum Gasteiger partial charge on any atom is -0.459 e. The van der Waals surface area contributed by atoms with E-state index in [4.69, 9.17) is 16.3 Å². The Hall–Kier alpha value is -2.13. The fourth-order valence-electron chi connectivity index (χ4n) is 10.3. The van der Waals surface area contributed by atoms with Crippen LogP contribution in [0.5, 0.6) is 0 Å². The van der Waals surface area contributed by atoms with E-state index in [1.54, 1.807) is 11.6 Å². The number of pyridine rings is 1. The van der Waals surface area contributed by atoms with Crippen molar-refractivity contribution in [2.75, 3.05) is 0 Å². The summed E-state index contributed by atoms with van der Waals surface area (Å²) in [5, 5.41) is 1.40. The van der Waals surface area contributed by atoms with Gasteiger partial charge in [0.05, 0.1) is 5.52 Å². The van der Waals surface area contributed by atoms with Gasteiger partial charge in [-0.15, -0.1) is 0 Å². The first-order chi connectivity index (χ1) is 20.6. The third kappa shape index (κ3) is 5.97. The van der Waals surface area contributed by atoms with Crippen molar-refractivity contribution in [3.05, 3.63) is 58.8 Å². The number of carbonyl (C=O) groups is 1. The van der Waals surface area contributed by atoms with Crippen LogP contribution in [0.1, 0.15) is 111 Å². The van der Waals surface area contributed by atoms with Crippen LogP contribution in [0.15, 0.2) is 48.1 Å².